The molecule has 0 saturated carbocycles. The van der Waals surface area contributed by atoms with Crippen LogP contribution in [0.1, 0.15) is 38.0 Å². The molecule has 0 atom stereocenters. The predicted octanol–water partition coefficient (Wildman–Crippen LogP) is 1.66. The highest BCUT2D eigenvalue weighted by molar-refractivity contribution is 5.85. The van der Waals surface area contributed by atoms with Gasteiger partial charge < -0.3 is 0 Å². The zero-order valence-electron chi connectivity index (χ0n) is 15.3. The quantitative estimate of drug-likeness (QED) is 0.546. The van der Waals surface area contributed by atoms with E-state index in [1.807, 2.05) is 20.0 Å². The molecule has 4 rings (SSSR count). The first kappa shape index (κ1) is 16.3. The summed E-state index contributed by atoms with van der Waals surface area (Å²) in [5.41, 5.74) is 4.00. The highest BCUT2D eigenvalue weighted by Crippen LogP contribution is 2.28. The number of hydrogen-bond acceptors (Lipinski definition) is 8. The lowest BCUT2D eigenvalue weighted by Crippen LogP contribution is -2.18. The molecule has 0 fully saturated rings. The monoisotopic (exact) mass is 353 g/mol. The van der Waals surface area contributed by atoms with Crippen molar-refractivity contribution in [1.29, 1.82) is 0 Å². The normalized spacial score (nSPS) is 12.2. The van der Waals surface area contributed by atoms with Gasteiger partial charge in [-0.05, 0) is 13.0 Å². The third-order valence-electron chi connectivity index (χ3n) is 4.14. The summed E-state index contributed by atoms with van der Waals surface area (Å²) < 4.78 is 8.23. The van der Waals surface area contributed by atoms with Crippen molar-refractivity contribution in [3.05, 3.63) is 29.5 Å². The zero-order valence-corrected chi connectivity index (χ0v) is 15.3. The average molecular weight is 353 g/mol. The first-order valence-electron chi connectivity index (χ1n) is 8.22. The third-order valence-corrected chi connectivity index (χ3v) is 4.14. The van der Waals surface area contributed by atoms with E-state index in [1.54, 1.807) is 15.6 Å². The Hall–Kier alpha value is -3.17. The summed E-state index contributed by atoms with van der Waals surface area (Å²) in [5, 5.41) is 20.6. The molecule has 0 aliphatic carbocycles. The van der Waals surface area contributed by atoms with Gasteiger partial charge in [0, 0.05) is 18.7 Å². The molecule has 0 saturated heterocycles. The summed E-state index contributed by atoms with van der Waals surface area (Å²) in [6, 6.07) is 1.90. The second-order valence-electron chi connectivity index (χ2n) is 7.20. The van der Waals surface area contributed by atoms with Crippen LogP contribution in [0.5, 0.6) is 0 Å². The van der Waals surface area contributed by atoms with E-state index in [4.69, 9.17) is 14.6 Å². The van der Waals surface area contributed by atoms with Crippen molar-refractivity contribution in [2.75, 3.05) is 0 Å². The fraction of sp³-hybridized carbons (Fsp3) is 0.438. The molecule has 134 valence electrons. The molecule has 0 spiro atoms. The van der Waals surface area contributed by atoms with Crippen LogP contribution in [0.15, 0.2) is 16.9 Å². The largest absolute Gasteiger partial charge is 0.266 e. The van der Waals surface area contributed by atoms with E-state index in [0.29, 0.717) is 40.6 Å². The van der Waals surface area contributed by atoms with Gasteiger partial charge in [0.15, 0.2) is 11.2 Å². The predicted molar refractivity (Wildman–Crippen MR) is 92.2 cm³/mol. The fourth-order valence-corrected chi connectivity index (χ4v) is 2.62. The second-order valence-corrected chi connectivity index (χ2v) is 7.20. The molecule has 4 aromatic rings. The van der Waals surface area contributed by atoms with Crippen LogP contribution in [0.2, 0.25) is 0 Å². The topological polar surface area (TPSA) is 113 Å². The summed E-state index contributed by atoms with van der Waals surface area (Å²) in [5.74, 6) is 0.708. The lowest BCUT2D eigenvalue weighted by molar-refractivity contribution is 0.300. The van der Waals surface area contributed by atoms with Crippen molar-refractivity contribution >= 4 is 11.2 Å². The van der Waals surface area contributed by atoms with Crippen LogP contribution in [0.3, 0.4) is 0 Å². The minimum atomic E-state index is -0.234. The first-order chi connectivity index (χ1) is 12.3. The van der Waals surface area contributed by atoms with E-state index in [-0.39, 0.29) is 5.41 Å². The van der Waals surface area contributed by atoms with Crippen LogP contribution >= 0.6 is 0 Å². The van der Waals surface area contributed by atoms with E-state index in [2.05, 4.69) is 46.5 Å². The highest BCUT2D eigenvalue weighted by Gasteiger charge is 2.24. The third kappa shape index (κ3) is 2.63. The van der Waals surface area contributed by atoms with Crippen molar-refractivity contribution in [2.24, 2.45) is 7.05 Å². The van der Waals surface area contributed by atoms with Gasteiger partial charge >= 0.3 is 0 Å². The van der Waals surface area contributed by atoms with Crippen LogP contribution in [0, 0.1) is 6.92 Å². The minimum absolute atomic E-state index is 0.234. The number of aryl methyl sites for hydroxylation is 2. The minimum Gasteiger partial charge on any atom is -0.266 e. The Kier molecular flexibility index (Phi) is 3.56. The lowest BCUT2D eigenvalue weighted by atomic mass is 9.95. The standard InChI is InChI=1S/C16H19N9O/c1-9-10(22-26-21-9)8-25-14-13(20-23-25)12(11-6-7-17-24(11)5)18-15(19-14)16(2,3)4/h6-7H,8H2,1-5H3. The molecule has 10 nitrogen and oxygen atoms in total. The van der Waals surface area contributed by atoms with Gasteiger partial charge in [-0.3, -0.25) is 4.68 Å². The molecule has 0 radical (unpaired) electrons. The Bertz CT molecular complexity index is 1080. The van der Waals surface area contributed by atoms with Crippen LogP contribution in [0.25, 0.3) is 22.6 Å². The van der Waals surface area contributed by atoms with Crippen molar-refractivity contribution in [2.45, 2.75) is 39.7 Å². The Morgan fingerprint density at radius 1 is 1.15 bits per heavy atom. The number of nitrogens with zero attached hydrogens (tertiary/aromatic N) is 9. The van der Waals surface area contributed by atoms with Gasteiger partial charge in [-0.25, -0.2) is 19.3 Å². The highest BCUT2D eigenvalue weighted by atomic mass is 16.6. The second kappa shape index (κ2) is 5.68. The van der Waals surface area contributed by atoms with Gasteiger partial charge in [0.2, 0.25) is 0 Å². The SMILES string of the molecule is Cc1nonc1Cn1nnc2c(-c3ccnn3C)nc(C(C)(C)C)nc21. The van der Waals surface area contributed by atoms with Gasteiger partial charge in [-0.2, -0.15) is 5.10 Å². The fourth-order valence-electron chi connectivity index (χ4n) is 2.62. The Morgan fingerprint density at radius 3 is 2.58 bits per heavy atom. The van der Waals surface area contributed by atoms with Crippen molar-refractivity contribution < 1.29 is 4.63 Å². The van der Waals surface area contributed by atoms with Crippen LogP contribution < -0.4 is 0 Å². The zero-order chi connectivity index (χ0) is 18.5. The molecule has 4 heterocycles. The molecular formula is C16H19N9O. The Morgan fingerprint density at radius 2 is 1.96 bits per heavy atom. The maximum Gasteiger partial charge on any atom is 0.183 e. The van der Waals surface area contributed by atoms with Crippen molar-refractivity contribution in [3.8, 4) is 11.4 Å². The molecule has 0 aliphatic rings. The molecular weight excluding hydrogens is 334 g/mol. The van der Waals surface area contributed by atoms with Gasteiger partial charge in [-0.15, -0.1) is 5.10 Å². The number of aromatic nitrogens is 9. The first-order valence-corrected chi connectivity index (χ1v) is 8.22. The van der Waals surface area contributed by atoms with Gasteiger partial charge in [0.25, 0.3) is 0 Å². The van der Waals surface area contributed by atoms with Crippen LogP contribution in [0.4, 0.5) is 0 Å². The van der Waals surface area contributed by atoms with Crippen LogP contribution in [-0.4, -0.2) is 45.1 Å². The van der Waals surface area contributed by atoms with Crippen molar-refractivity contribution in [1.82, 2.24) is 45.1 Å². The Balaban J connectivity index is 1.94. The van der Waals surface area contributed by atoms with Crippen LogP contribution in [-0.2, 0) is 19.0 Å². The van der Waals surface area contributed by atoms with E-state index in [1.165, 1.54) is 0 Å². The molecule has 0 N–H and O–H groups in total. The van der Waals surface area contributed by atoms with Gasteiger partial charge in [-0.1, -0.05) is 36.3 Å². The number of fused-ring (bicyclic) bond motifs is 1. The average Bonchev–Trinajstić information content (AvgIpc) is 3.28. The van der Waals surface area contributed by atoms with E-state index >= 15 is 0 Å². The van der Waals surface area contributed by atoms with Crippen molar-refractivity contribution in [3.63, 3.8) is 0 Å². The molecule has 4 aromatic heterocycles. The number of hydrogen-bond donors (Lipinski definition) is 0. The molecule has 0 aromatic carbocycles. The van der Waals surface area contributed by atoms with Gasteiger partial charge in [0.1, 0.15) is 22.9 Å². The smallest absolute Gasteiger partial charge is 0.183 e. The molecule has 26 heavy (non-hydrogen) atoms. The molecule has 10 heteroatoms. The molecule has 0 amide bonds. The molecule has 0 bridgehead atoms. The summed E-state index contributed by atoms with van der Waals surface area (Å²) in [7, 11) is 1.87. The molecule has 0 unspecified atom stereocenters. The Labute approximate surface area is 149 Å². The summed E-state index contributed by atoms with van der Waals surface area (Å²) in [4.78, 5) is 9.50. The van der Waals surface area contributed by atoms with E-state index in [0.717, 1.165) is 5.69 Å². The van der Waals surface area contributed by atoms with Gasteiger partial charge in [0.05, 0.1) is 12.2 Å². The van der Waals surface area contributed by atoms with E-state index < -0.39 is 0 Å². The van der Waals surface area contributed by atoms with E-state index in [9.17, 15) is 0 Å². The summed E-state index contributed by atoms with van der Waals surface area (Å²) in [6.45, 7) is 8.42. The summed E-state index contributed by atoms with van der Waals surface area (Å²) >= 11 is 0. The number of rotatable bonds is 3. The maximum absolute atomic E-state index is 4.78. The molecule has 0 aliphatic heterocycles. The summed E-state index contributed by atoms with van der Waals surface area (Å²) in [6.07, 6.45) is 1.73. The maximum atomic E-state index is 4.78. The lowest BCUT2D eigenvalue weighted by Gasteiger charge is -2.17.